The predicted molar refractivity (Wildman–Crippen MR) is 87.5 cm³/mol. The summed E-state index contributed by atoms with van der Waals surface area (Å²) in [5, 5.41) is 12.2. The number of oxime groups is 1. The van der Waals surface area contributed by atoms with E-state index in [-0.39, 0.29) is 5.84 Å². The number of nitrogens with two attached hydrogens (primary N) is 1. The van der Waals surface area contributed by atoms with Crippen molar-refractivity contribution in [2.45, 2.75) is 20.8 Å². The van der Waals surface area contributed by atoms with Crippen LogP contribution >= 0.6 is 0 Å². The van der Waals surface area contributed by atoms with Crippen molar-refractivity contribution < 1.29 is 5.21 Å². The lowest BCUT2D eigenvalue weighted by Crippen LogP contribution is -2.23. The molecule has 0 saturated carbocycles. The second-order valence-corrected chi connectivity index (χ2v) is 5.04. The first kappa shape index (κ1) is 14.9. The molecular weight excluding hydrogens is 262 g/mol. The quantitative estimate of drug-likeness (QED) is 0.390. The van der Waals surface area contributed by atoms with E-state index in [1.165, 1.54) is 5.56 Å². The lowest BCUT2D eigenvalue weighted by atomic mass is 10.0. The van der Waals surface area contributed by atoms with Crippen molar-refractivity contribution in [1.82, 2.24) is 0 Å². The number of rotatable bonds is 4. The summed E-state index contributed by atoms with van der Waals surface area (Å²) in [6.45, 7) is 6.98. The van der Waals surface area contributed by atoms with Gasteiger partial charge in [0.1, 0.15) is 0 Å². The molecule has 3 N–H and O–H groups in total. The molecule has 0 heterocycles. The molecule has 0 unspecified atom stereocenters. The third-order valence-electron chi connectivity index (χ3n) is 3.52. The Balaban J connectivity index is 2.62. The molecule has 0 bridgehead atoms. The van der Waals surface area contributed by atoms with Crippen molar-refractivity contribution in [3.63, 3.8) is 0 Å². The number of benzene rings is 2. The van der Waals surface area contributed by atoms with Gasteiger partial charge >= 0.3 is 0 Å². The third kappa shape index (κ3) is 2.99. The molecule has 0 aromatic heterocycles. The van der Waals surface area contributed by atoms with Gasteiger partial charge in [-0.25, -0.2) is 0 Å². The molecule has 110 valence electrons. The van der Waals surface area contributed by atoms with E-state index < -0.39 is 0 Å². The Morgan fingerprint density at radius 2 is 1.90 bits per heavy atom. The van der Waals surface area contributed by atoms with Gasteiger partial charge in [0.15, 0.2) is 5.84 Å². The first-order valence-corrected chi connectivity index (χ1v) is 7.00. The van der Waals surface area contributed by atoms with E-state index in [4.69, 9.17) is 10.9 Å². The number of hydrogen-bond acceptors (Lipinski definition) is 3. The first-order chi connectivity index (χ1) is 10.1. The van der Waals surface area contributed by atoms with E-state index in [1.54, 1.807) is 0 Å². The van der Waals surface area contributed by atoms with Gasteiger partial charge in [-0.15, -0.1) is 0 Å². The zero-order valence-electron chi connectivity index (χ0n) is 12.7. The van der Waals surface area contributed by atoms with E-state index in [1.807, 2.05) is 31.2 Å². The van der Waals surface area contributed by atoms with Gasteiger partial charge in [-0.2, -0.15) is 0 Å². The van der Waals surface area contributed by atoms with Gasteiger partial charge in [-0.3, -0.25) is 0 Å². The zero-order chi connectivity index (χ0) is 15.4. The van der Waals surface area contributed by atoms with Crippen LogP contribution in [0.3, 0.4) is 0 Å². The van der Waals surface area contributed by atoms with Crippen molar-refractivity contribution in [3.05, 3.63) is 59.2 Å². The zero-order valence-corrected chi connectivity index (χ0v) is 12.7. The minimum atomic E-state index is 0.125. The van der Waals surface area contributed by atoms with Gasteiger partial charge in [-0.1, -0.05) is 29.4 Å². The Morgan fingerprint density at radius 3 is 2.52 bits per heavy atom. The maximum absolute atomic E-state index is 9.02. The van der Waals surface area contributed by atoms with E-state index in [0.717, 1.165) is 29.0 Å². The minimum Gasteiger partial charge on any atom is -0.409 e. The SMILES string of the molecule is CCN(c1cccc(C)c1)c1c(C)cccc1/C(N)=N/O. The van der Waals surface area contributed by atoms with Crippen LogP contribution in [0.25, 0.3) is 0 Å². The number of anilines is 2. The Labute approximate surface area is 125 Å². The highest BCUT2D eigenvalue weighted by atomic mass is 16.4. The van der Waals surface area contributed by atoms with Crippen molar-refractivity contribution in [3.8, 4) is 0 Å². The monoisotopic (exact) mass is 283 g/mol. The summed E-state index contributed by atoms with van der Waals surface area (Å²) in [5.74, 6) is 0.125. The van der Waals surface area contributed by atoms with Gasteiger partial charge in [-0.05, 0) is 50.1 Å². The van der Waals surface area contributed by atoms with Crippen molar-refractivity contribution in [2.75, 3.05) is 11.4 Å². The molecular formula is C17H21N3O. The third-order valence-corrected chi connectivity index (χ3v) is 3.52. The maximum Gasteiger partial charge on any atom is 0.172 e. The summed E-state index contributed by atoms with van der Waals surface area (Å²) < 4.78 is 0. The van der Waals surface area contributed by atoms with Gasteiger partial charge in [0, 0.05) is 17.8 Å². The summed E-state index contributed by atoms with van der Waals surface area (Å²) in [4.78, 5) is 2.18. The average molecular weight is 283 g/mol. The maximum atomic E-state index is 9.02. The highest BCUT2D eigenvalue weighted by Gasteiger charge is 2.16. The normalized spacial score (nSPS) is 11.5. The summed E-state index contributed by atoms with van der Waals surface area (Å²) in [6, 6.07) is 14.1. The van der Waals surface area contributed by atoms with Gasteiger partial charge < -0.3 is 15.8 Å². The molecule has 0 aliphatic heterocycles. The van der Waals surface area contributed by atoms with E-state index in [9.17, 15) is 0 Å². The van der Waals surface area contributed by atoms with Crippen molar-refractivity contribution in [1.29, 1.82) is 0 Å². The van der Waals surface area contributed by atoms with Gasteiger partial charge in [0.25, 0.3) is 0 Å². The molecule has 2 aromatic carbocycles. The molecule has 0 aliphatic carbocycles. The summed E-state index contributed by atoms with van der Waals surface area (Å²) in [7, 11) is 0. The molecule has 4 nitrogen and oxygen atoms in total. The molecule has 0 amide bonds. The summed E-state index contributed by atoms with van der Waals surface area (Å²) >= 11 is 0. The molecule has 2 rings (SSSR count). The van der Waals surface area contributed by atoms with Gasteiger partial charge in [0.05, 0.1) is 5.69 Å². The lowest BCUT2D eigenvalue weighted by Gasteiger charge is -2.27. The van der Waals surface area contributed by atoms with Crippen LogP contribution in [0.1, 0.15) is 23.6 Å². The second kappa shape index (κ2) is 6.31. The fraction of sp³-hybridized carbons (Fsp3) is 0.235. The minimum absolute atomic E-state index is 0.125. The van der Waals surface area contributed by atoms with E-state index >= 15 is 0 Å². The fourth-order valence-electron chi connectivity index (χ4n) is 2.54. The van der Waals surface area contributed by atoms with Crippen LogP contribution in [0.2, 0.25) is 0 Å². The Bertz CT molecular complexity index is 665. The van der Waals surface area contributed by atoms with Crippen LogP contribution < -0.4 is 10.6 Å². The Morgan fingerprint density at radius 1 is 1.19 bits per heavy atom. The molecule has 2 aromatic rings. The molecule has 0 fully saturated rings. The topological polar surface area (TPSA) is 61.8 Å². The smallest absolute Gasteiger partial charge is 0.172 e. The Hall–Kier alpha value is -2.49. The number of hydrogen-bond donors (Lipinski definition) is 2. The van der Waals surface area contributed by atoms with Crippen LogP contribution in [0.15, 0.2) is 47.6 Å². The fourth-order valence-corrected chi connectivity index (χ4v) is 2.54. The molecule has 4 heteroatoms. The van der Waals surface area contributed by atoms with Crippen LogP contribution in [-0.4, -0.2) is 17.6 Å². The predicted octanol–water partition coefficient (Wildman–Crippen LogP) is 3.56. The standard InChI is InChI=1S/C17H21N3O/c1-4-20(14-9-5-7-12(2)11-14)16-13(3)8-6-10-15(16)17(18)19-21/h5-11,21H,4H2,1-3H3,(H2,18,19). The molecule has 0 aliphatic rings. The number of para-hydroxylation sites is 1. The number of nitrogens with zero attached hydrogens (tertiary/aromatic N) is 2. The van der Waals surface area contributed by atoms with Crippen LogP contribution in [0.5, 0.6) is 0 Å². The summed E-state index contributed by atoms with van der Waals surface area (Å²) in [5.41, 5.74) is 10.9. The molecule has 0 saturated heterocycles. The van der Waals surface area contributed by atoms with Gasteiger partial charge in [0.2, 0.25) is 0 Å². The van der Waals surface area contributed by atoms with Crippen LogP contribution in [-0.2, 0) is 0 Å². The van der Waals surface area contributed by atoms with E-state index in [2.05, 4.69) is 42.1 Å². The lowest BCUT2D eigenvalue weighted by molar-refractivity contribution is 0.318. The van der Waals surface area contributed by atoms with Crippen LogP contribution in [0, 0.1) is 13.8 Å². The number of amidine groups is 1. The first-order valence-electron chi connectivity index (χ1n) is 7.00. The number of aryl methyl sites for hydroxylation is 2. The van der Waals surface area contributed by atoms with Crippen molar-refractivity contribution in [2.24, 2.45) is 10.9 Å². The Kier molecular flexibility index (Phi) is 4.48. The van der Waals surface area contributed by atoms with Crippen molar-refractivity contribution >= 4 is 17.2 Å². The van der Waals surface area contributed by atoms with E-state index in [0.29, 0.717) is 0 Å². The second-order valence-electron chi connectivity index (χ2n) is 5.04. The summed E-state index contributed by atoms with van der Waals surface area (Å²) in [6.07, 6.45) is 0. The molecule has 21 heavy (non-hydrogen) atoms. The highest BCUT2D eigenvalue weighted by Crippen LogP contribution is 2.32. The highest BCUT2D eigenvalue weighted by molar-refractivity contribution is 6.03. The van der Waals surface area contributed by atoms with Crippen LogP contribution in [0.4, 0.5) is 11.4 Å². The molecule has 0 atom stereocenters. The largest absolute Gasteiger partial charge is 0.409 e. The average Bonchev–Trinajstić information content (AvgIpc) is 2.49. The molecule has 0 spiro atoms. The molecule has 0 radical (unpaired) electrons.